The van der Waals surface area contributed by atoms with Crippen molar-refractivity contribution in [3.8, 4) is 39.4 Å². The predicted octanol–water partition coefficient (Wildman–Crippen LogP) is 25.5. The van der Waals surface area contributed by atoms with Gasteiger partial charge in [0.2, 0.25) is 0 Å². The molecule has 0 aliphatic carbocycles. The zero-order chi connectivity index (χ0) is 73.9. The summed E-state index contributed by atoms with van der Waals surface area (Å²) in [5, 5.41) is 31.2. The second-order valence-electron chi connectivity index (χ2n) is 25.2. The molecule has 15 aromatic rings. The van der Waals surface area contributed by atoms with E-state index in [9.17, 15) is 20.2 Å². The van der Waals surface area contributed by atoms with Crippen molar-refractivity contribution >= 4 is 96.7 Å². The predicted molar refractivity (Wildman–Crippen MR) is 441 cm³/mol. The number of hydrogen-bond donors (Lipinski definition) is 0. The minimum Gasteiger partial charge on any atom is -0.345 e. The van der Waals surface area contributed by atoms with Crippen LogP contribution in [0.5, 0.6) is 0 Å². The summed E-state index contributed by atoms with van der Waals surface area (Å²) in [6.45, 7) is 0. The van der Waals surface area contributed by atoms with Crippen molar-refractivity contribution in [1.82, 2.24) is 0 Å². The standard InChI is InChI=1S/C32H25N3.2C31H25N3O2/c1-34(28-17-15-25(24-33)16-18-28)29-19-21-31(22-20-29)35(30-12-6-3-7-13-30)32-14-8-11-27(23-32)26-9-4-2-5-10-26;1-32(29-15-9-17-31(23-29)34(35)36)26-18-20-28(21-19-26)33(27-13-6-3-7-14-27)30-16-8-12-25(22-30)24-10-4-2-5-11-24;1-32(27-17-21-30(22-18-27)34(35)36)26-15-19-29(20-16-26)33(28-12-6-3-7-13-28)31-14-8-11-25(23-31)24-9-4-2-5-10-24/h2-23H,1H3;2*2-23H,1H3. The van der Waals surface area contributed by atoms with Crippen molar-refractivity contribution in [1.29, 1.82) is 5.26 Å². The van der Waals surface area contributed by atoms with E-state index in [1.54, 1.807) is 24.3 Å². The zero-order valence-corrected chi connectivity index (χ0v) is 59.3. The van der Waals surface area contributed by atoms with E-state index in [0.29, 0.717) is 5.56 Å². The Morgan fingerprint density at radius 2 is 0.449 bits per heavy atom. The van der Waals surface area contributed by atoms with Crippen LogP contribution in [0.3, 0.4) is 0 Å². The lowest BCUT2D eigenvalue weighted by atomic mass is 10.0. The molecule has 0 N–H and O–H groups in total. The summed E-state index contributed by atoms with van der Waals surface area (Å²) in [4.78, 5) is 34.2. The maximum absolute atomic E-state index is 11.2. The van der Waals surface area contributed by atoms with Gasteiger partial charge in [0, 0.05) is 131 Å². The van der Waals surface area contributed by atoms with Gasteiger partial charge in [0.15, 0.2) is 0 Å². The van der Waals surface area contributed by atoms with Gasteiger partial charge in [-0.3, -0.25) is 20.2 Å². The quantitative estimate of drug-likeness (QED) is 0.0534. The highest BCUT2D eigenvalue weighted by Crippen LogP contribution is 2.42. The molecule has 0 fully saturated rings. The monoisotopic (exact) mass is 1390 g/mol. The Morgan fingerprint density at radius 3 is 0.748 bits per heavy atom. The van der Waals surface area contributed by atoms with E-state index in [2.05, 4.69) is 268 Å². The van der Waals surface area contributed by atoms with Gasteiger partial charge in [-0.15, -0.1) is 0 Å². The average molecular weight is 1390 g/mol. The Morgan fingerprint density at radius 1 is 0.224 bits per heavy atom. The van der Waals surface area contributed by atoms with Crippen molar-refractivity contribution in [2.24, 2.45) is 0 Å². The van der Waals surface area contributed by atoms with E-state index in [4.69, 9.17) is 5.26 Å². The summed E-state index contributed by atoms with van der Waals surface area (Å²) >= 11 is 0. The van der Waals surface area contributed by atoms with Crippen molar-refractivity contribution in [2.75, 3.05) is 50.5 Å². The van der Waals surface area contributed by atoms with E-state index in [1.165, 1.54) is 40.5 Å². The number of benzene rings is 15. The van der Waals surface area contributed by atoms with Crippen LogP contribution in [0, 0.1) is 31.6 Å². The second-order valence-corrected chi connectivity index (χ2v) is 25.2. The molecule has 0 amide bonds. The average Bonchev–Trinajstić information content (AvgIpc) is 0.808. The van der Waals surface area contributed by atoms with Gasteiger partial charge in [-0.2, -0.15) is 5.26 Å². The van der Waals surface area contributed by atoms with Gasteiger partial charge in [0.1, 0.15) is 0 Å². The molecule has 0 spiro atoms. The Kier molecular flexibility index (Phi) is 22.4. The molecule has 0 saturated carbocycles. The van der Waals surface area contributed by atoms with E-state index in [-0.39, 0.29) is 21.2 Å². The first-order chi connectivity index (χ1) is 52.4. The smallest absolute Gasteiger partial charge is 0.271 e. The minimum atomic E-state index is -0.385. The first-order valence-corrected chi connectivity index (χ1v) is 35.0. The molecule has 0 atom stereocenters. The molecular formula is C94H75N9O4. The summed E-state index contributed by atoms with van der Waals surface area (Å²) in [7, 11) is 5.90. The van der Waals surface area contributed by atoms with Gasteiger partial charge >= 0.3 is 0 Å². The second kappa shape index (κ2) is 33.9. The summed E-state index contributed by atoms with van der Waals surface area (Å²) < 4.78 is 0. The van der Waals surface area contributed by atoms with Crippen molar-refractivity contribution in [3.05, 3.63) is 426 Å². The molecular weight excluding hydrogens is 1320 g/mol. The van der Waals surface area contributed by atoms with Crippen LogP contribution >= 0.6 is 0 Å². The molecule has 15 rings (SSSR count). The Hall–Kier alpha value is -14.6. The largest absolute Gasteiger partial charge is 0.345 e. The number of nitro groups is 2. The fraction of sp³-hybridized carbons (Fsp3) is 0.0319. The van der Waals surface area contributed by atoms with Gasteiger partial charge in [-0.1, -0.05) is 188 Å². The van der Waals surface area contributed by atoms with Crippen LogP contribution in [-0.4, -0.2) is 31.0 Å². The van der Waals surface area contributed by atoms with Gasteiger partial charge in [0.05, 0.1) is 21.5 Å². The highest BCUT2D eigenvalue weighted by Gasteiger charge is 2.20. The molecule has 0 unspecified atom stereocenters. The number of para-hydroxylation sites is 3. The lowest BCUT2D eigenvalue weighted by Crippen LogP contribution is -2.12. The Labute approximate surface area is 624 Å². The number of nitro benzene ring substituents is 2. The third kappa shape index (κ3) is 17.3. The molecule has 107 heavy (non-hydrogen) atoms. The lowest BCUT2D eigenvalue weighted by molar-refractivity contribution is -0.385. The fourth-order valence-corrected chi connectivity index (χ4v) is 12.7. The van der Waals surface area contributed by atoms with E-state index < -0.39 is 0 Å². The molecule has 0 radical (unpaired) electrons. The van der Waals surface area contributed by atoms with E-state index in [0.717, 1.165) is 96.4 Å². The number of nitriles is 1. The first kappa shape index (κ1) is 70.8. The summed E-state index contributed by atoms with van der Waals surface area (Å²) in [5.74, 6) is 0. The number of rotatable bonds is 20. The van der Waals surface area contributed by atoms with Crippen molar-refractivity contribution in [2.45, 2.75) is 0 Å². The number of nitrogens with zero attached hydrogens (tertiary/aromatic N) is 9. The highest BCUT2D eigenvalue weighted by atomic mass is 16.6. The summed E-state index contributed by atoms with van der Waals surface area (Å²) in [6, 6.07) is 136. The van der Waals surface area contributed by atoms with Crippen molar-refractivity contribution < 1.29 is 9.85 Å². The third-order valence-corrected chi connectivity index (χ3v) is 18.4. The van der Waals surface area contributed by atoms with E-state index >= 15 is 0 Å². The molecule has 13 nitrogen and oxygen atoms in total. The molecule has 13 heteroatoms. The zero-order valence-electron chi connectivity index (χ0n) is 59.3. The Bertz CT molecular complexity index is 5450. The van der Waals surface area contributed by atoms with Crippen LogP contribution in [0.1, 0.15) is 5.56 Å². The van der Waals surface area contributed by atoms with Crippen LogP contribution < -0.4 is 29.4 Å². The van der Waals surface area contributed by atoms with Crippen LogP contribution in [0.25, 0.3) is 33.4 Å². The molecule has 0 aliphatic heterocycles. The Balaban J connectivity index is 0.000000142. The third-order valence-electron chi connectivity index (χ3n) is 18.4. The SMILES string of the molecule is CN(c1ccc(C#N)cc1)c1ccc(N(c2ccccc2)c2cccc(-c3ccccc3)c2)cc1.CN(c1ccc(N(c2ccccc2)c2cccc(-c3ccccc3)c2)cc1)c1ccc([N+](=O)[O-])cc1.CN(c1ccc(N(c2ccccc2)c2cccc(-c3ccccc3)c2)cc1)c1cccc([N+](=O)[O-])c1. The van der Waals surface area contributed by atoms with E-state index in [1.807, 2.05) is 146 Å². The van der Waals surface area contributed by atoms with Crippen molar-refractivity contribution in [3.63, 3.8) is 0 Å². The normalized spacial score (nSPS) is 10.5. The van der Waals surface area contributed by atoms with Gasteiger partial charge in [-0.05, 0) is 221 Å². The topological polar surface area (TPSA) is 130 Å². The number of hydrogen-bond acceptors (Lipinski definition) is 11. The lowest BCUT2D eigenvalue weighted by Gasteiger charge is -2.27. The van der Waals surface area contributed by atoms with Crippen LogP contribution in [0.15, 0.2) is 400 Å². The van der Waals surface area contributed by atoms with Crippen LogP contribution in [0.4, 0.5) is 96.7 Å². The molecule has 0 aromatic heterocycles. The maximum atomic E-state index is 11.2. The highest BCUT2D eigenvalue weighted by molar-refractivity contribution is 5.85. The summed E-state index contributed by atoms with van der Waals surface area (Å²) in [6.07, 6.45) is 0. The molecule has 15 aromatic carbocycles. The van der Waals surface area contributed by atoms with Gasteiger partial charge < -0.3 is 29.4 Å². The molecule has 0 saturated heterocycles. The molecule has 520 valence electrons. The number of anilines is 15. The van der Waals surface area contributed by atoms with Crippen LogP contribution in [-0.2, 0) is 0 Å². The minimum absolute atomic E-state index is 0.0736. The first-order valence-electron chi connectivity index (χ1n) is 35.0. The summed E-state index contributed by atoms with van der Waals surface area (Å²) in [5.41, 5.74) is 23.1. The van der Waals surface area contributed by atoms with Gasteiger partial charge in [-0.25, -0.2) is 0 Å². The van der Waals surface area contributed by atoms with Gasteiger partial charge in [0.25, 0.3) is 11.4 Å². The fourth-order valence-electron chi connectivity index (χ4n) is 12.7. The molecule has 0 heterocycles. The number of non-ortho nitro benzene ring substituents is 2. The van der Waals surface area contributed by atoms with Crippen LogP contribution in [0.2, 0.25) is 0 Å². The molecule has 0 aliphatic rings. The molecule has 0 bridgehead atoms. The maximum Gasteiger partial charge on any atom is 0.271 e.